The van der Waals surface area contributed by atoms with Gasteiger partial charge in [-0.25, -0.2) is 4.79 Å². The van der Waals surface area contributed by atoms with Crippen LogP contribution in [0, 0.1) is 0 Å². The average molecular weight is 382 g/mol. The van der Waals surface area contributed by atoms with E-state index < -0.39 is 5.97 Å². The van der Waals surface area contributed by atoms with Crippen molar-refractivity contribution in [3.05, 3.63) is 50.7 Å². The first-order valence-corrected chi connectivity index (χ1v) is 8.47. The summed E-state index contributed by atoms with van der Waals surface area (Å²) in [6.45, 7) is 1.63. The molecule has 1 N–H and O–H groups in total. The molecule has 2 aromatic rings. The van der Waals surface area contributed by atoms with Gasteiger partial charge in [0.25, 0.3) is 0 Å². The first-order chi connectivity index (χ1) is 11.9. The van der Waals surface area contributed by atoms with E-state index in [0.29, 0.717) is 22.7 Å². The van der Waals surface area contributed by atoms with Gasteiger partial charge in [0, 0.05) is 11.8 Å². The number of hydrogen-bond donors (Lipinski definition) is 1. The topological polar surface area (TPSA) is 81.7 Å². The van der Waals surface area contributed by atoms with Crippen molar-refractivity contribution in [3.63, 3.8) is 0 Å². The van der Waals surface area contributed by atoms with Gasteiger partial charge in [-0.2, -0.15) is 0 Å². The monoisotopic (exact) mass is 381 g/mol. The summed E-state index contributed by atoms with van der Waals surface area (Å²) in [5, 5.41) is 2.89. The molecule has 8 heteroatoms. The molecule has 132 valence electrons. The van der Waals surface area contributed by atoms with Crippen molar-refractivity contribution in [2.45, 2.75) is 13.5 Å². The molecule has 2 rings (SSSR count). The zero-order valence-electron chi connectivity index (χ0n) is 13.6. The van der Waals surface area contributed by atoms with Gasteiger partial charge in [-0.15, -0.1) is 11.3 Å². The van der Waals surface area contributed by atoms with Crippen LogP contribution in [0.4, 0.5) is 0 Å². The molecule has 0 unspecified atom stereocenters. The highest BCUT2D eigenvalue weighted by Crippen LogP contribution is 2.26. The highest BCUT2D eigenvalue weighted by Gasteiger charge is 2.13. The number of ketones is 1. The van der Waals surface area contributed by atoms with E-state index in [-0.39, 0.29) is 23.3 Å². The number of Topliss-reactive ketones (excluding diaryl/α,β-unsaturated/α-hetero) is 1. The lowest BCUT2D eigenvalue weighted by molar-refractivity contribution is -0.119. The fourth-order valence-electron chi connectivity index (χ4n) is 1.91. The molecule has 0 bridgehead atoms. The number of carbonyl (C=O) groups excluding carboxylic acids is 3. The summed E-state index contributed by atoms with van der Waals surface area (Å²) in [6, 6.07) is 7.91. The van der Waals surface area contributed by atoms with Crippen LogP contribution >= 0.6 is 22.9 Å². The Morgan fingerprint density at radius 1 is 1.20 bits per heavy atom. The Balaban J connectivity index is 1.96. The van der Waals surface area contributed by atoms with Crippen molar-refractivity contribution < 1.29 is 23.9 Å². The molecular weight excluding hydrogens is 366 g/mol. The molecule has 0 radical (unpaired) electrons. The minimum absolute atomic E-state index is 0.130. The average Bonchev–Trinajstić information content (AvgIpc) is 3.07. The van der Waals surface area contributed by atoms with Gasteiger partial charge in [0.1, 0.15) is 5.75 Å². The van der Waals surface area contributed by atoms with Crippen molar-refractivity contribution >= 4 is 40.6 Å². The lowest BCUT2D eigenvalue weighted by Gasteiger charge is -2.08. The van der Waals surface area contributed by atoms with Crippen LogP contribution in [0.2, 0.25) is 5.02 Å². The summed E-state index contributed by atoms with van der Waals surface area (Å²) in [7, 11) is 1.28. The molecule has 6 nitrogen and oxygen atoms in total. The molecule has 1 aromatic carbocycles. The lowest BCUT2D eigenvalue weighted by atomic mass is 10.2. The maximum atomic E-state index is 12.2. The van der Waals surface area contributed by atoms with Crippen LogP contribution in [-0.2, 0) is 16.1 Å². The Morgan fingerprint density at radius 3 is 2.60 bits per heavy atom. The molecule has 1 amide bonds. The smallest absolute Gasteiger partial charge is 0.337 e. The van der Waals surface area contributed by atoms with E-state index >= 15 is 0 Å². The number of hydrogen-bond acceptors (Lipinski definition) is 6. The molecule has 0 spiro atoms. The van der Waals surface area contributed by atoms with Gasteiger partial charge in [0.05, 0.1) is 29.1 Å². The molecule has 1 heterocycles. The molecule has 0 aliphatic rings. The number of methoxy groups -OCH3 is 1. The van der Waals surface area contributed by atoms with Crippen LogP contribution in [0.5, 0.6) is 5.75 Å². The third kappa shape index (κ3) is 5.30. The Kier molecular flexibility index (Phi) is 6.55. The van der Waals surface area contributed by atoms with Gasteiger partial charge in [0.2, 0.25) is 11.7 Å². The van der Waals surface area contributed by atoms with E-state index in [0.717, 1.165) is 4.88 Å². The summed E-state index contributed by atoms with van der Waals surface area (Å²) < 4.78 is 10.0. The number of amides is 1. The van der Waals surface area contributed by atoms with Gasteiger partial charge in [0.15, 0.2) is 6.61 Å². The third-order valence-electron chi connectivity index (χ3n) is 3.16. The Bertz CT molecular complexity index is 802. The van der Waals surface area contributed by atoms with Crippen LogP contribution < -0.4 is 10.1 Å². The second-order valence-electron chi connectivity index (χ2n) is 5.02. The second kappa shape index (κ2) is 8.64. The minimum Gasteiger partial charge on any atom is -0.484 e. The Hall–Kier alpha value is -2.38. The van der Waals surface area contributed by atoms with Gasteiger partial charge in [-0.3, -0.25) is 9.59 Å². The molecule has 0 saturated heterocycles. The largest absolute Gasteiger partial charge is 0.484 e. The molecule has 0 fully saturated rings. The molecule has 0 aliphatic carbocycles. The minimum atomic E-state index is -0.505. The van der Waals surface area contributed by atoms with Crippen molar-refractivity contribution in [2.24, 2.45) is 0 Å². The maximum Gasteiger partial charge on any atom is 0.337 e. The van der Waals surface area contributed by atoms with Crippen LogP contribution in [0.1, 0.15) is 31.8 Å². The normalized spacial score (nSPS) is 10.2. The predicted octanol–water partition coefficient (Wildman–Crippen LogP) is 3.09. The number of rotatable bonds is 7. The fraction of sp³-hybridized carbons (Fsp3) is 0.235. The highest BCUT2D eigenvalue weighted by atomic mass is 35.5. The summed E-state index contributed by atoms with van der Waals surface area (Å²) in [6.07, 6.45) is 0. The maximum absolute atomic E-state index is 12.2. The number of carbonyl (C=O) groups is 3. The molecule has 0 aliphatic heterocycles. The molecule has 0 atom stereocenters. The summed E-state index contributed by atoms with van der Waals surface area (Å²) in [4.78, 5) is 35.9. The second-order valence-corrected chi connectivity index (χ2v) is 6.60. The standard InChI is InChI=1S/C17H16ClNO5S/c1-10(20)19-8-12-4-6-16(25-12)14(21)9-24-15-5-3-11(7-13(15)18)17(22)23-2/h3-7H,8-9H2,1-2H3,(H,19,20). The first-order valence-electron chi connectivity index (χ1n) is 7.27. The van der Waals surface area contributed by atoms with Gasteiger partial charge in [-0.05, 0) is 30.3 Å². The van der Waals surface area contributed by atoms with Gasteiger partial charge < -0.3 is 14.8 Å². The third-order valence-corrected chi connectivity index (χ3v) is 4.58. The van der Waals surface area contributed by atoms with E-state index in [1.54, 1.807) is 12.1 Å². The number of benzene rings is 1. The van der Waals surface area contributed by atoms with Crippen molar-refractivity contribution in [3.8, 4) is 5.75 Å². The lowest BCUT2D eigenvalue weighted by Crippen LogP contribution is -2.18. The van der Waals surface area contributed by atoms with Crippen molar-refractivity contribution in [1.29, 1.82) is 0 Å². The Labute approximate surface area is 153 Å². The molecule has 0 saturated carbocycles. The van der Waals surface area contributed by atoms with E-state index in [4.69, 9.17) is 16.3 Å². The predicted molar refractivity (Wildman–Crippen MR) is 94.5 cm³/mol. The summed E-state index contributed by atoms with van der Waals surface area (Å²) in [5.74, 6) is -0.533. The molecule has 1 aromatic heterocycles. The highest BCUT2D eigenvalue weighted by molar-refractivity contribution is 7.14. The van der Waals surface area contributed by atoms with E-state index in [1.807, 2.05) is 0 Å². The number of ether oxygens (including phenoxy) is 2. The number of esters is 1. The summed E-state index contributed by atoms with van der Waals surface area (Å²) in [5.41, 5.74) is 0.298. The zero-order chi connectivity index (χ0) is 18.4. The molecular formula is C17H16ClNO5S. The van der Waals surface area contributed by atoms with Crippen LogP contribution in [0.3, 0.4) is 0 Å². The van der Waals surface area contributed by atoms with Crippen molar-refractivity contribution in [2.75, 3.05) is 13.7 Å². The van der Waals surface area contributed by atoms with Crippen LogP contribution in [-0.4, -0.2) is 31.4 Å². The molecule has 25 heavy (non-hydrogen) atoms. The quantitative estimate of drug-likeness (QED) is 0.588. The van der Waals surface area contributed by atoms with Crippen LogP contribution in [0.15, 0.2) is 30.3 Å². The SMILES string of the molecule is COC(=O)c1ccc(OCC(=O)c2ccc(CNC(C)=O)s2)c(Cl)c1. The fourth-order valence-corrected chi connectivity index (χ4v) is 3.02. The van der Waals surface area contributed by atoms with E-state index in [1.165, 1.54) is 43.6 Å². The first kappa shape index (κ1) is 19.0. The van der Waals surface area contributed by atoms with Crippen molar-refractivity contribution in [1.82, 2.24) is 5.32 Å². The Morgan fingerprint density at radius 2 is 1.96 bits per heavy atom. The van der Waals surface area contributed by atoms with Gasteiger partial charge in [-0.1, -0.05) is 11.6 Å². The zero-order valence-corrected chi connectivity index (χ0v) is 15.2. The summed E-state index contributed by atoms with van der Waals surface area (Å²) >= 11 is 7.35. The number of halogens is 1. The van der Waals surface area contributed by atoms with E-state index in [2.05, 4.69) is 10.1 Å². The number of thiophene rings is 1. The van der Waals surface area contributed by atoms with Gasteiger partial charge >= 0.3 is 5.97 Å². The van der Waals surface area contributed by atoms with E-state index in [9.17, 15) is 14.4 Å². The number of nitrogens with one attached hydrogen (secondary N) is 1. The van der Waals surface area contributed by atoms with Crippen LogP contribution in [0.25, 0.3) is 0 Å².